The highest BCUT2D eigenvalue weighted by Crippen LogP contribution is 2.29. The summed E-state index contributed by atoms with van der Waals surface area (Å²) in [6.45, 7) is 8.21. The summed E-state index contributed by atoms with van der Waals surface area (Å²) in [6, 6.07) is 18.5. The number of thiocarbonyl (C=S) groups is 1. The molecule has 1 aromatic heterocycles. The van der Waals surface area contributed by atoms with E-state index in [2.05, 4.69) is 48.2 Å². The van der Waals surface area contributed by atoms with Gasteiger partial charge in [-0.25, -0.2) is 0 Å². The molecule has 0 atom stereocenters. The molecule has 0 saturated carbocycles. The number of aromatic nitrogens is 1. The van der Waals surface area contributed by atoms with Crippen molar-refractivity contribution in [1.29, 1.82) is 0 Å². The monoisotopic (exact) mass is 379 g/mol. The minimum absolute atomic E-state index is 0.697. The van der Waals surface area contributed by atoms with Crippen molar-refractivity contribution in [2.75, 3.05) is 29.9 Å². The Morgan fingerprint density at radius 1 is 0.963 bits per heavy atom. The summed E-state index contributed by atoms with van der Waals surface area (Å²) in [6.07, 6.45) is 0. The quantitative estimate of drug-likeness (QED) is 0.542. The van der Waals surface area contributed by atoms with E-state index in [-0.39, 0.29) is 0 Å². The first kappa shape index (κ1) is 19.1. The molecule has 0 saturated heterocycles. The first-order valence-electron chi connectivity index (χ1n) is 9.21. The van der Waals surface area contributed by atoms with Crippen molar-refractivity contribution < 1.29 is 4.52 Å². The van der Waals surface area contributed by atoms with Crippen molar-refractivity contribution in [1.82, 2.24) is 5.16 Å². The van der Waals surface area contributed by atoms with Crippen molar-refractivity contribution in [2.24, 2.45) is 0 Å². The molecular weight excluding hydrogens is 354 g/mol. The number of anilines is 2. The van der Waals surface area contributed by atoms with E-state index in [1.807, 2.05) is 49.2 Å². The van der Waals surface area contributed by atoms with Crippen molar-refractivity contribution in [3.8, 4) is 11.3 Å². The molecule has 0 bridgehead atoms. The fraction of sp³-hybridized carbons (Fsp3) is 0.273. The normalized spacial score (nSPS) is 10.7. The number of benzene rings is 2. The van der Waals surface area contributed by atoms with Gasteiger partial charge >= 0.3 is 0 Å². The summed E-state index contributed by atoms with van der Waals surface area (Å²) in [4.78, 5) is 5.02. The van der Waals surface area contributed by atoms with Crippen LogP contribution >= 0.6 is 12.2 Å². The molecule has 5 heteroatoms. The van der Waals surface area contributed by atoms with Crippen LogP contribution in [0.5, 0.6) is 0 Å². The minimum atomic E-state index is 0.697. The van der Waals surface area contributed by atoms with E-state index in [1.165, 1.54) is 5.69 Å². The highest BCUT2D eigenvalue weighted by molar-refractivity contribution is 7.81. The molecule has 0 aliphatic heterocycles. The Morgan fingerprint density at radius 2 is 1.56 bits per heavy atom. The molecule has 3 rings (SSSR count). The van der Waals surface area contributed by atoms with E-state index in [4.69, 9.17) is 16.7 Å². The lowest BCUT2D eigenvalue weighted by atomic mass is 10.1. The standard InChI is InChI=1S/C22H25N3OS/c1-5-25(6-2)19-14-12-18(13-15-19)24(4)22(27)20-16(3)26-23-21(20)17-10-8-7-9-11-17/h7-15H,5-6H2,1-4H3. The molecule has 4 nitrogen and oxygen atoms in total. The van der Waals surface area contributed by atoms with Crippen LogP contribution in [0.2, 0.25) is 0 Å². The third-order valence-electron chi connectivity index (χ3n) is 4.79. The lowest BCUT2D eigenvalue weighted by Crippen LogP contribution is -2.26. The molecule has 2 aromatic carbocycles. The van der Waals surface area contributed by atoms with Crippen LogP contribution in [-0.4, -0.2) is 30.3 Å². The van der Waals surface area contributed by atoms with E-state index >= 15 is 0 Å². The average molecular weight is 380 g/mol. The second-order valence-electron chi connectivity index (χ2n) is 6.38. The number of hydrogen-bond donors (Lipinski definition) is 0. The van der Waals surface area contributed by atoms with Crippen LogP contribution in [0.3, 0.4) is 0 Å². The first-order chi connectivity index (χ1) is 13.1. The number of aryl methyl sites for hydroxylation is 1. The molecule has 27 heavy (non-hydrogen) atoms. The van der Waals surface area contributed by atoms with Crippen LogP contribution in [0.4, 0.5) is 11.4 Å². The topological polar surface area (TPSA) is 32.5 Å². The molecule has 0 aliphatic carbocycles. The van der Waals surface area contributed by atoms with E-state index in [9.17, 15) is 0 Å². The van der Waals surface area contributed by atoms with Crippen molar-refractivity contribution in [3.63, 3.8) is 0 Å². The van der Waals surface area contributed by atoms with Gasteiger partial charge in [0.25, 0.3) is 0 Å². The maximum Gasteiger partial charge on any atom is 0.144 e. The van der Waals surface area contributed by atoms with Crippen LogP contribution < -0.4 is 9.80 Å². The van der Waals surface area contributed by atoms with E-state index in [0.717, 1.165) is 41.4 Å². The van der Waals surface area contributed by atoms with Crippen LogP contribution in [0, 0.1) is 6.92 Å². The van der Waals surface area contributed by atoms with Crippen molar-refractivity contribution in [3.05, 3.63) is 65.9 Å². The van der Waals surface area contributed by atoms with Crippen molar-refractivity contribution in [2.45, 2.75) is 20.8 Å². The summed E-state index contributed by atoms with van der Waals surface area (Å²) in [5, 5.41) is 4.25. The van der Waals surface area contributed by atoms with Gasteiger partial charge in [-0.1, -0.05) is 47.7 Å². The highest BCUT2D eigenvalue weighted by atomic mass is 32.1. The van der Waals surface area contributed by atoms with Gasteiger partial charge in [-0.15, -0.1) is 0 Å². The molecule has 0 fully saturated rings. The van der Waals surface area contributed by atoms with E-state index < -0.39 is 0 Å². The zero-order valence-corrected chi connectivity index (χ0v) is 17.1. The Morgan fingerprint density at radius 3 is 2.15 bits per heavy atom. The molecular formula is C22H25N3OS. The minimum Gasteiger partial charge on any atom is -0.372 e. The Hall–Kier alpha value is -2.66. The van der Waals surface area contributed by atoms with Gasteiger partial charge in [-0.2, -0.15) is 0 Å². The average Bonchev–Trinajstić information content (AvgIpc) is 3.10. The molecule has 0 unspecified atom stereocenters. The summed E-state index contributed by atoms with van der Waals surface area (Å²) in [5.74, 6) is 0.727. The highest BCUT2D eigenvalue weighted by Gasteiger charge is 2.22. The second kappa shape index (κ2) is 8.35. The van der Waals surface area contributed by atoms with Gasteiger partial charge < -0.3 is 14.3 Å². The first-order valence-corrected chi connectivity index (χ1v) is 9.62. The van der Waals surface area contributed by atoms with Gasteiger partial charge in [0.15, 0.2) is 0 Å². The van der Waals surface area contributed by atoms with E-state index in [0.29, 0.717) is 4.99 Å². The molecule has 1 heterocycles. The van der Waals surface area contributed by atoms with Gasteiger partial charge in [0.05, 0.1) is 5.56 Å². The Labute approximate surface area is 166 Å². The molecule has 140 valence electrons. The van der Waals surface area contributed by atoms with Gasteiger partial charge in [-0.3, -0.25) is 0 Å². The molecule has 0 spiro atoms. The maximum absolute atomic E-state index is 5.80. The third-order valence-corrected chi connectivity index (χ3v) is 5.27. The molecule has 0 amide bonds. The lowest BCUT2D eigenvalue weighted by molar-refractivity contribution is 0.399. The maximum atomic E-state index is 5.80. The van der Waals surface area contributed by atoms with E-state index in [1.54, 1.807) is 0 Å². The SMILES string of the molecule is CCN(CC)c1ccc(N(C)C(=S)c2c(-c3ccccc3)noc2C)cc1. The third kappa shape index (κ3) is 3.88. The molecule has 0 N–H and O–H groups in total. The lowest BCUT2D eigenvalue weighted by Gasteiger charge is -2.24. The Kier molecular flexibility index (Phi) is 5.91. The van der Waals surface area contributed by atoms with Gasteiger partial charge in [0.2, 0.25) is 0 Å². The summed E-state index contributed by atoms with van der Waals surface area (Å²) < 4.78 is 5.47. The molecule has 0 aliphatic rings. The predicted molar refractivity (Wildman–Crippen MR) is 117 cm³/mol. The van der Waals surface area contributed by atoms with Crippen LogP contribution in [0.1, 0.15) is 25.2 Å². The number of hydrogen-bond acceptors (Lipinski definition) is 4. The smallest absolute Gasteiger partial charge is 0.144 e. The largest absolute Gasteiger partial charge is 0.372 e. The van der Waals surface area contributed by atoms with Crippen molar-refractivity contribution >= 4 is 28.6 Å². The predicted octanol–water partition coefficient (Wildman–Crippen LogP) is 5.31. The molecule has 3 aromatic rings. The zero-order chi connectivity index (χ0) is 19.4. The fourth-order valence-electron chi connectivity index (χ4n) is 3.18. The van der Waals surface area contributed by atoms with Gasteiger partial charge in [0.1, 0.15) is 16.4 Å². The summed E-state index contributed by atoms with van der Waals surface area (Å²) in [5.41, 5.74) is 4.90. The number of rotatable bonds is 6. The van der Waals surface area contributed by atoms with Crippen LogP contribution in [0.15, 0.2) is 59.1 Å². The van der Waals surface area contributed by atoms with Gasteiger partial charge in [0, 0.05) is 37.1 Å². The Balaban J connectivity index is 1.90. The summed E-state index contributed by atoms with van der Waals surface area (Å²) >= 11 is 5.80. The van der Waals surface area contributed by atoms with Crippen LogP contribution in [0.25, 0.3) is 11.3 Å². The fourth-order valence-corrected chi connectivity index (χ4v) is 3.52. The zero-order valence-electron chi connectivity index (χ0n) is 16.3. The number of nitrogens with zero attached hydrogens (tertiary/aromatic N) is 3. The Bertz CT molecular complexity index is 899. The second-order valence-corrected chi connectivity index (χ2v) is 6.77. The van der Waals surface area contributed by atoms with Gasteiger partial charge in [-0.05, 0) is 45.0 Å². The molecule has 0 radical (unpaired) electrons. The summed E-state index contributed by atoms with van der Waals surface area (Å²) in [7, 11) is 1.98. The van der Waals surface area contributed by atoms with Crippen LogP contribution in [-0.2, 0) is 0 Å².